The maximum Gasteiger partial charge on any atom is 0.416 e. The van der Waals surface area contributed by atoms with Gasteiger partial charge in [0, 0.05) is 19.0 Å². The number of carbonyl (C=O) groups is 1. The Balaban J connectivity index is 1.87. The smallest absolute Gasteiger partial charge is 0.416 e. The first-order valence-corrected chi connectivity index (χ1v) is 12.6. The first kappa shape index (κ1) is 26.1. The van der Waals surface area contributed by atoms with E-state index >= 15 is 0 Å². The molecule has 0 heterocycles. The lowest BCUT2D eigenvalue weighted by Crippen LogP contribution is -2.46. The molecule has 1 N–H and O–H groups in total. The van der Waals surface area contributed by atoms with E-state index in [1.165, 1.54) is 37.8 Å². The summed E-state index contributed by atoms with van der Waals surface area (Å²) in [6, 6.07) is 5.87. The van der Waals surface area contributed by atoms with Crippen LogP contribution in [-0.2, 0) is 11.0 Å². The molecule has 0 aliphatic heterocycles. The molecular formula is C27H40F3NO2. The molecule has 3 atom stereocenters. The van der Waals surface area contributed by atoms with Crippen LogP contribution in [-0.4, -0.2) is 35.1 Å². The summed E-state index contributed by atoms with van der Waals surface area (Å²) in [6.45, 7) is 8.76. The van der Waals surface area contributed by atoms with Crippen molar-refractivity contribution in [3.63, 3.8) is 0 Å². The van der Waals surface area contributed by atoms with Crippen molar-refractivity contribution in [2.45, 2.75) is 96.7 Å². The standard InChI is InChI=1S/C27H40F3NO2/c1-26(2,3)14-15-31(18-19-6-4-5-7-19)24-13-8-20(17-25(32)33)16-23(24)21-9-11-22(12-10-21)27(28,29)30/h9-12,19-20,23-24H,4-8,13-18H2,1-3H3,(H,32,33)/t20-,23+,24-/m1/s1. The van der Waals surface area contributed by atoms with Crippen LogP contribution in [0, 0.1) is 17.3 Å². The molecule has 0 saturated heterocycles. The van der Waals surface area contributed by atoms with Crippen molar-refractivity contribution in [2.24, 2.45) is 17.3 Å². The minimum atomic E-state index is -4.35. The maximum absolute atomic E-state index is 13.1. The molecule has 2 aliphatic rings. The van der Waals surface area contributed by atoms with Crippen LogP contribution in [0.1, 0.15) is 95.6 Å². The zero-order chi connectivity index (χ0) is 24.2. The number of rotatable bonds is 8. The highest BCUT2D eigenvalue weighted by Crippen LogP contribution is 2.42. The number of carboxylic acid groups (broad SMARTS) is 1. The Bertz CT molecular complexity index is 763. The van der Waals surface area contributed by atoms with Gasteiger partial charge >= 0.3 is 12.1 Å². The Morgan fingerprint density at radius 2 is 1.64 bits per heavy atom. The van der Waals surface area contributed by atoms with E-state index < -0.39 is 17.7 Å². The lowest BCUT2D eigenvalue weighted by Gasteiger charge is -2.44. The van der Waals surface area contributed by atoms with Crippen molar-refractivity contribution in [2.75, 3.05) is 13.1 Å². The van der Waals surface area contributed by atoms with E-state index in [1.54, 1.807) is 12.1 Å². The molecule has 33 heavy (non-hydrogen) atoms. The second kappa shape index (κ2) is 10.8. The quantitative estimate of drug-likeness (QED) is 0.434. The van der Waals surface area contributed by atoms with Crippen LogP contribution in [0.5, 0.6) is 0 Å². The van der Waals surface area contributed by atoms with Gasteiger partial charge in [-0.15, -0.1) is 0 Å². The van der Waals surface area contributed by atoms with E-state index in [4.69, 9.17) is 0 Å². The SMILES string of the molecule is CC(C)(C)CCN(CC1CCCC1)[C@@H]1CC[C@@H](CC(=O)O)C[C@H]1c1ccc(C(F)(F)F)cc1. The lowest BCUT2D eigenvalue weighted by atomic mass is 9.72. The van der Waals surface area contributed by atoms with Crippen LogP contribution < -0.4 is 0 Å². The first-order valence-electron chi connectivity index (χ1n) is 12.6. The second-order valence-corrected chi connectivity index (χ2v) is 11.5. The van der Waals surface area contributed by atoms with Crippen LogP contribution >= 0.6 is 0 Å². The molecule has 186 valence electrons. The normalized spacial score (nSPS) is 25.0. The monoisotopic (exact) mass is 467 g/mol. The summed E-state index contributed by atoms with van der Waals surface area (Å²) < 4.78 is 39.4. The fourth-order valence-corrected chi connectivity index (χ4v) is 5.78. The molecule has 1 aromatic carbocycles. The topological polar surface area (TPSA) is 40.5 Å². The molecule has 3 rings (SSSR count). The molecular weight excluding hydrogens is 427 g/mol. The molecule has 3 nitrogen and oxygen atoms in total. The fraction of sp³-hybridized carbons (Fsp3) is 0.741. The Labute approximate surface area is 196 Å². The summed E-state index contributed by atoms with van der Waals surface area (Å²) in [7, 11) is 0. The van der Waals surface area contributed by atoms with Gasteiger partial charge in [-0.05, 0) is 85.9 Å². The number of nitrogens with zero attached hydrogens (tertiary/aromatic N) is 1. The minimum Gasteiger partial charge on any atom is -0.481 e. The molecule has 0 spiro atoms. The first-order chi connectivity index (χ1) is 15.4. The fourth-order valence-electron chi connectivity index (χ4n) is 5.78. The third kappa shape index (κ3) is 7.73. The van der Waals surface area contributed by atoms with Crippen molar-refractivity contribution < 1.29 is 23.1 Å². The predicted molar refractivity (Wildman–Crippen MR) is 125 cm³/mol. The number of alkyl halides is 3. The Morgan fingerprint density at radius 3 is 2.18 bits per heavy atom. The van der Waals surface area contributed by atoms with Gasteiger partial charge in [0.1, 0.15) is 0 Å². The number of aliphatic carboxylic acids is 1. The molecule has 0 radical (unpaired) electrons. The van der Waals surface area contributed by atoms with Gasteiger partial charge in [0.15, 0.2) is 0 Å². The molecule has 1 aromatic rings. The van der Waals surface area contributed by atoms with Gasteiger partial charge in [0.25, 0.3) is 0 Å². The molecule has 6 heteroatoms. The van der Waals surface area contributed by atoms with E-state index in [1.807, 2.05) is 0 Å². The number of benzene rings is 1. The van der Waals surface area contributed by atoms with E-state index in [2.05, 4.69) is 25.7 Å². The third-order valence-corrected chi connectivity index (χ3v) is 7.64. The van der Waals surface area contributed by atoms with E-state index in [-0.39, 0.29) is 29.7 Å². The second-order valence-electron chi connectivity index (χ2n) is 11.5. The van der Waals surface area contributed by atoms with Gasteiger partial charge < -0.3 is 5.11 Å². The number of hydrogen-bond acceptors (Lipinski definition) is 2. The highest BCUT2D eigenvalue weighted by atomic mass is 19.4. The van der Waals surface area contributed by atoms with Gasteiger partial charge in [-0.3, -0.25) is 9.69 Å². The zero-order valence-electron chi connectivity index (χ0n) is 20.3. The predicted octanol–water partition coefficient (Wildman–Crippen LogP) is 7.36. The minimum absolute atomic E-state index is 0.0618. The molecule has 2 saturated carbocycles. The summed E-state index contributed by atoms with van der Waals surface area (Å²) >= 11 is 0. The Morgan fingerprint density at radius 1 is 1.00 bits per heavy atom. The van der Waals surface area contributed by atoms with Crippen LogP contribution in [0.4, 0.5) is 13.2 Å². The van der Waals surface area contributed by atoms with Crippen molar-refractivity contribution in [1.29, 1.82) is 0 Å². The van der Waals surface area contributed by atoms with Crippen molar-refractivity contribution in [3.05, 3.63) is 35.4 Å². The molecule has 0 unspecified atom stereocenters. The molecule has 2 fully saturated rings. The van der Waals surface area contributed by atoms with Gasteiger partial charge in [-0.2, -0.15) is 13.2 Å². The highest BCUT2D eigenvalue weighted by molar-refractivity contribution is 5.67. The Kier molecular flexibility index (Phi) is 8.52. The molecule has 0 bridgehead atoms. The van der Waals surface area contributed by atoms with Gasteiger partial charge in [0.2, 0.25) is 0 Å². The number of halogens is 3. The summed E-state index contributed by atoms with van der Waals surface area (Å²) in [6.07, 6.45) is 4.42. The Hall–Kier alpha value is -1.56. The lowest BCUT2D eigenvalue weighted by molar-refractivity contribution is -0.139. The summed E-state index contributed by atoms with van der Waals surface area (Å²) in [5.74, 6) is 0.0314. The largest absolute Gasteiger partial charge is 0.481 e. The van der Waals surface area contributed by atoms with Crippen molar-refractivity contribution in [1.82, 2.24) is 4.90 Å². The van der Waals surface area contributed by atoms with Crippen LogP contribution in [0.2, 0.25) is 0 Å². The number of carboxylic acids is 1. The highest BCUT2D eigenvalue weighted by Gasteiger charge is 2.38. The van der Waals surface area contributed by atoms with Crippen LogP contribution in [0.25, 0.3) is 0 Å². The van der Waals surface area contributed by atoms with Crippen LogP contribution in [0.3, 0.4) is 0 Å². The average molecular weight is 468 g/mol. The third-order valence-electron chi connectivity index (χ3n) is 7.64. The summed E-state index contributed by atoms with van der Waals surface area (Å²) in [4.78, 5) is 14.0. The molecule has 0 amide bonds. The van der Waals surface area contributed by atoms with Crippen molar-refractivity contribution >= 4 is 5.97 Å². The van der Waals surface area contributed by atoms with Crippen molar-refractivity contribution in [3.8, 4) is 0 Å². The van der Waals surface area contributed by atoms with Crippen LogP contribution in [0.15, 0.2) is 24.3 Å². The van der Waals surface area contributed by atoms with E-state index in [9.17, 15) is 23.1 Å². The van der Waals surface area contributed by atoms with Gasteiger partial charge in [-0.1, -0.05) is 45.7 Å². The average Bonchev–Trinajstić information content (AvgIpc) is 3.23. The number of hydrogen-bond donors (Lipinski definition) is 1. The molecule has 2 aliphatic carbocycles. The summed E-state index contributed by atoms with van der Waals surface area (Å²) in [5.41, 5.74) is 0.490. The van der Waals surface area contributed by atoms with Gasteiger partial charge in [0.05, 0.1) is 5.56 Å². The molecule has 0 aromatic heterocycles. The maximum atomic E-state index is 13.1. The summed E-state index contributed by atoms with van der Waals surface area (Å²) in [5, 5.41) is 9.35. The van der Waals surface area contributed by atoms with Gasteiger partial charge in [-0.25, -0.2) is 0 Å². The zero-order valence-corrected chi connectivity index (χ0v) is 20.3. The van der Waals surface area contributed by atoms with E-state index in [0.717, 1.165) is 44.3 Å². The van der Waals surface area contributed by atoms with E-state index in [0.29, 0.717) is 5.92 Å².